The smallest absolute Gasteiger partial charge is 0.128 e. The number of hydrogen-bond donors (Lipinski definition) is 0. The van der Waals surface area contributed by atoms with E-state index in [-0.39, 0.29) is 5.82 Å². The Morgan fingerprint density at radius 2 is 1.68 bits per heavy atom. The number of halogens is 3. The van der Waals surface area contributed by atoms with Crippen molar-refractivity contribution >= 4 is 27.5 Å². The molecule has 0 N–H and O–H groups in total. The minimum Gasteiger partial charge on any atom is -0.207 e. The number of aryl methyl sites for hydroxylation is 3. The highest BCUT2D eigenvalue weighted by atomic mass is 79.9. The minimum absolute atomic E-state index is 0.250. The molecule has 0 saturated heterocycles. The molecule has 0 aromatic heterocycles. The molecular weight excluding hydrogens is 327 g/mol. The first kappa shape index (κ1) is 14.5. The molecule has 2 aromatic rings. The van der Waals surface area contributed by atoms with E-state index in [0.29, 0.717) is 5.56 Å². The predicted octanol–water partition coefficient (Wildman–Crippen LogP) is 5.84. The summed E-state index contributed by atoms with van der Waals surface area (Å²) in [6.07, 6.45) is 0. The summed E-state index contributed by atoms with van der Waals surface area (Å²) < 4.78 is 15.0. The Hall–Kier alpha value is -0.860. The summed E-state index contributed by atoms with van der Waals surface area (Å²) in [5, 5.41) is -0.465. The Balaban J connectivity index is 2.49. The van der Waals surface area contributed by atoms with Crippen LogP contribution in [0.2, 0.25) is 0 Å². The molecule has 0 aliphatic carbocycles. The van der Waals surface area contributed by atoms with Gasteiger partial charge in [0.2, 0.25) is 0 Å². The summed E-state index contributed by atoms with van der Waals surface area (Å²) in [4.78, 5) is 0. The zero-order valence-electron chi connectivity index (χ0n) is 11.1. The maximum atomic E-state index is 14.0. The monoisotopic (exact) mass is 340 g/mol. The fourth-order valence-electron chi connectivity index (χ4n) is 2.08. The van der Waals surface area contributed by atoms with Crippen LogP contribution in [0.4, 0.5) is 4.39 Å². The van der Waals surface area contributed by atoms with Crippen molar-refractivity contribution in [3.63, 3.8) is 0 Å². The highest BCUT2D eigenvalue weighted by molar-refractivity contribution is 9.10. The lowest BCUT2D eigenvalue weighted by Crippen LogP contribution is -2.01. The first-order valence-electron chi connectivity index (χ1n) is 6.07. The van der Waals surface area contributed by atoms with Gasteiger partial charge < -0.3 is 0 Å². The normalized spacial score (nSPS) is 12.5. The molecule has 0 fully saturated rings. The highest BCUT2D eigenvalue weighted by Crippen LogP contribution is 2.35. The van der Waals surface area contributed by atoms with Gasteiger partial charge in [-0.1, -0.05) is 34.1 Å². The second-order valence-corrected chi connectivity index (χ2v) is 6.14. The van der Waals surface area contributed by atoms with Gasteiger partial charge in [-0.3, -0.25) is 0 Å². The summed E-state index contributed by atoms with van der Waals surface area (Å²) in [6, 6.07) is 9.20. The van der Waals surface area contributed by atoms with E-state index in [9.17, 15) is 4.39 Å². The van der Waals surface area contributed by atoms with Crippen molar-refractivity contribution in [2.75, 3.05) is 0 Å². The molecule has 0 spiro atoms. The van der Waals surface area contributed by atoms with E-state index in [4.69, 9.17) is 11.6 Å². The van der Waals surface area contributed by atoms with Crippen LogP contribution in [0.5, 0.6) is 0 Å². The van der Waals surface area contributed by atoms with Gasteiger partial charge in [0.1, 0.15) is 5.82 Å². The van der Waals surface area contributed by atoms with Gasteiger partial charge in [0.05, 0.1) is 5.38 Å². The maximum Gasteiger partial charge on any atom is 0.128 e. The molecule has 1 atom stereocenters. The van der Waals surface area contributed by atoms with Gasteiger partial charge in [-0.15, -0.1) is 11.6 Å². The molecule has 3 heteroatoms. The molecule has 0 aliphatic rings. The largest absolute Gasteiger partial charge is 0.207 e. The predicted molar refractivity (Wildman–Crippen MR) is 82.4 cm³/mol. The average Bonchev–Trinajstić information content (AvgIpc) is 2.33. The van der Waals surface area contributed by atoms with Gasteiger partial charge in [0.25, 0.3) is 0 Å². The summed E-state index contributed by atoms with van der Waals surface area (Å²) in [7, 11) is 0. The third-order valence-electron chi connectivity index (χ3n) is 3.25. The SMILES string of the molecule is Cc1ccc(C(Cl)c2cc(C)c(Br)cc2C)c(F)c1. The van der Waals surface area contributed by atoms with E-state index in [0.717, 1.165) is 26.7 Å². The van der Waals surface area contributed by atoms with E-state index in [1.54, 1.807) is 6.07 Å². The van der Waals surface area contributed by atoms with Crippen LogP contribution >= 0.6 is 27.5 Å². The Kier molecular flexibility index (Phi) is 4.32. The molecule has 0 saturated carbocycles. The first-order chi connectivity index (χ1) is 8.90. The van der Waals surface area contributed by atoms with Crippen molar-refractivity contribution in [1.82, 2.24) is 0 Å². The Morgan fingerprint density at radius 1 is 1.00 bits per heavy atom. The van der Waals surface area contributed by atoms with Crippen LogP contribution in [0.1, 0.15) is 33.2 Å². The van der Waals surface area contributed by atoms with Crippen molar-refractivity contribution in [3.05, 3.63) is 68.4 Å². The Morgan fingerprint density at radius 3 is 2.32 bits per heavy atom. The average molecular weight is 342 g/mol. The number of hydrogen-bond acceptors (Lipinski definition) is 0. The molecule has 19 heavy (non-hydrogen) atoms. The summed E-state index contributed by atoms with van der Waals surface area (Å²) >= 11 is 9.96. The van der Waals surface area contributed by atoms with Crippen LogP contribution in [-0.4, -0.2) is 0 Å². The Bertz CT molecular complexity index is 622. The van der Waals surface area contributed by atoms with Crippen LogP contribution in [0.15, 0.2) is 34.8 Å². The third-order valence-corrected chi connectivity index (χ3v) is 4.57. The molecule has 100 valence electrons. The van der Waals surface area contributed by atoms with Gasteiger partial charge in [-0.2, -0.15) is 0 Å². The van der Waals surface area contributed by atoms with E-state index in [1.165, 1.54) is 6.07 Å². The first-order valence-corrected chi connectivity index (χ1v) is 7.30. The van der Waals surface area contributed by atoms with Crippen LogP contribution in [0, 0.1) is 26.6 Å². The molecule has 1 unspecified atom stereocenters. The van der Waals surface area contributed by atoms with Crippen molar-refractivity contribution in [2.24, 2.45) is 0 Å². The number of rotatable bonds is 2. The summed E-state index contributed by atoms with van der Waals surface area (Å²) in [5.74, 6) is -0.250. The molecule has 2 aromatic carbocycles. The van der Waals surface area contributed by atoms with Gasteiger partial charge in [0, 0.05) is 10.0 Å². The van der Waals surface area contributed by atoms with E-state index >= 15 is 0 Å². The van der Waals surface area contributed by atoms with Gasteiger partial charge >= 0.3 is 0 Å². The van der Waals surface area contributed by atoms with E-state index in [1.807, 2.05) is 39.0 Å². The highest BCUT2D eigenvalue weighted by Gasteiger charge is 2.18. The molecule has 0 amide bonds. The molecule has 0 nitrogen and oxygen atoms in total. The lowest BCUT2D eigenvalue weighted by atomic mass is 9.97. The molecule has 0 heterocycles. The van der Waals surface area contributed by atoms with Crippen molar-refractivity contribution in [3.8, 4) is 0 Å². The van der Waals surface area contributed by atoms with Crippen LogP contribution < -0.4 is 0 Å². The second-order valence-electron chi connectivity index (χ2n) is 4.85. The van der Waals surface area contributed by atoms with Crippen molar-refractivity contribution in [2.45, 2.75) is 26.1 Å². The molecule has 0 bridgehead atoms. The van der Waals surface area contributed by atoms with Crippen LogP contribution in [0.25, 0.3) is 0 Å². The standard InChI is InChI=1S/C16H15BrClF/c1-9-4-5-12(15(19)6-9)16(18)13-7-11(3)14(17)8-10(13)2/h4-8,16H,1-3H3. The summed E-state index contributed by atoms with van der Waals surface area (Å²) in [6.45, 7) is 5.86. The summed E-state index contributed by atoms with van der Waals surface area (Å²) in [5.41, 5.74) is 4.52. The number of benzene rings is 2. The fourth-order valence-corrected chi connectivity index (χ4v) is 2.95. The van der Waals surface area contributed by atoms with E-state index < -0.39 is 5.38 Å². The van der Waals surface area contributed by atoms with Crippen LogP contribution in [0.3, 0.4) is 0 Å². The van der Waals surface area contributed by atoms with Crippen molar-refractivity contribution in [1.29, 1.82) is 0 Å². The topological polar surface area (TPSA) is 0 Å². The lowest BCUT2D eigenvalue weighted by molar-refractivity contribution is 0.611. The quantitative estimate of drug-likeness (QED) is 0.602. The Labute approximate surface area is 126 Å². The second kappa shape index (κ2) is 5.64. The molecule has 0 radical (unpaired) electrons. The van der Waals surface area contributed by atoms with Crippen LogP contribution in [-0.2, 0) is 0 Å². The molecule has 2 rings (SSSR count). The van der Waals surface area contributed by atoms with Gasteiger partial charge in [-0.25, -0.2) is 4.39 Å². The lowest BCUT2D eigenvalue weighted by Gasteiger charge is -2.16. The zero-order valence-corrected chi connectivity index (χ0v) is 13.4. The van der Waals surface area contributed by atoms with Gasteiger partial charge in [0.15, 0.2) is 0 Å². The van der Waals surface area contributed by atoms with Crippen molar-refractivity contribution < 1.29 is 4.39 Å². The minimum atomic E-state index is -0.465. The fraction of sp³-hybridized carbons (Fsp3) is 0.250. The third kappa shape index (κ3) is 3.01. The number of alkyl halides is 1. The van der Waals surface area contributed by atoms with Gasteiger partial charge in [-0.05, 0) is 55.2 Å². The molecular formula is C16H15BrClF. The maximum absolute atomic E-state index is 14.0. The van der Waals surface area contributed by atoms with E-state index in [2.05, 4.69) is 15.9 Å². The molecule has 0 aliphatic heterocycles. The zero-order chi connectivity index (χ0) is 14.2.